The van der Waals surface area contributed by atoms with Crippen LogP contribution >= 0.6 is 11.8 Å². The van der Waals surface area contributed by atoms with Gasteiger partial charge < -0.3 is 10.1 Å². The maximum Gasteiger partial charge on any atom is 0.237 e. The van der Waals surface area contributed by atoms with Crippen molar-refractivity contribution >= 4 is 23.4 Å². The molecule has 2 aromatic carbocycles. The molecule has 3 aromatic rings. The van der Waals surface area contributed by atoms with Crippen LogP contribution in [0.25, 0.3) is 11.4 Å². The number of rotatable bonds is 6. The van der Waals surface area contributed by atoms with Crippen molar-refractivity contribution in [2.75, 3.05) is 12.4 Å². The van der Waals surface area contributed by atoms with Gasteiger partial charge in [-0.3, -0.25) is 9.89 Å². The van der Waals surface area contributed by atoms with Gasteiger partial charge in [-0.1, -0.05) is 23.9 Å². The highest BCUT2D eigenvalue weighted by molar-refractivity contribution is 8.00. The number of carbonyl (C=O) groups is 1. The largest absolute Gasteiger partial charge is 0.497 e. The third-order valence-electron chi connectivity index (χ3n) is 3.60. The molecule has 0 unspecified atom stereocenters. The van der Waals surface area contributed by atoms with E-state index in [4.69, 9.17) is 4.74 Å². The van der Waals surface area contributed by atoms with Crippen molar-refractivity contribution in [1.29, 1.82) is 0 Å². The lowest BCUT2D eigenvalue weighted by Gasteiger charge is -2.10. The first-order valence-electron chi connectivity index (χ1n) is 7.85. The number of H-pyrrole nitrogens is 1. The predicted octanol–water partition coefficient (Wildman–Crippen LogP) is 3.74. The molecular weight excluding hydrogens is 355 g/mol. The zero-order chi connectivity index (χ0) is 18.5. The van der Waals surface area contributed by atoms with Gasteiger partial charge in [0.25, 0.3) is 0 Å². The van der Waals surface area contributed by atoms with Gasteiger partial charge in [-0.05, 0) is 43.3 Å². The summed E-state index contributed by atoms with van der Waals surface area (Å²) in [6.45, 7) is 1.75. The Bertz CT molecular complexity index is 898. The molecular formula is C18H17FN4O2S. The third kappa shape index (κ3) is 4.20. The van der Waals surface area contributed by atoms with E-state index in [1.807, 2.05) is 0 Å². The van der Waals surface area contributed by atoms with Crippen LogP contribution < -0.4 is 10.1 Å². The number of halogens is 1. The minimum Gasteiger partial charge on any atom is -0.497 e. The molecule has 2 N–H and O–H groups in total. The Kier molecular flexibility index (Phi) is 5.52. The van der Waals surface area contributed by atoms with Crippen molar-refractivity contribution in [3.63, 3.8) is 0 Å². The van der Waals surface area contributed by atoms with Crippen LogP contribution in [0.15, 0.2) is 53.7 Å². The topological polar surface area (TPSA) is 79.9 Å². The summed E-state index contributed by atoms with van der Waals surface area (Å²) in [5.74, 6) is 0.475. The Morgan fingerprint density at radius 1 is 1.23 bits per heavy atom. The fraction of sp³-hybridized carbons (Fsp3) is 0.167. The van der Waals surface area contributed by atoms with Crippen LogP contribution in [0, 0.1) is 5.82 Å². The van der Waals surface area contributed by atoms with Gasteiger partial charge >= 0.3 is 0 Å². The summed E-state index contributed by atoms with van der Waals surface area (Å²) in [7, 11) is 1.58. The smallest absolute Gasteiger partial charge is 0.237 e. The highest BCUT2D eigenvalue weighted by Gasteiger charge is 2.18. The van der Waals surface area contributed by atoms with Crippen LogP contribution in [-0.2, 0) is 4.79 Å². The second kappa shape index (κ2) is 8.01. The van der Waals surface area contributed by atoms with Gasteiger partial charge in [0.1, 0.15) is 11.6 Å². The number of aromatic amines is 1. The number of nitrogens with zero attached hydrogens (tertiary/aromatic N) is 2. The van der Waals surface area contributed by atoms with Crippen molar-refractivity contribution in [2.24, 2.45) is 0 Å². The molecule has 0 spiro atoms. The van der Waals surface area contributed by atoms with E-state index in [-0.39, 0.29) is 11.7 Å². The lowest BCUT2D eigenvalue weighted by atomic mass is 10.2. The minimum atomic E-state index is -0.429. The summed E-state index contributed by atoms with van der Waals surface area (Å²) in [6, 6.07) is 13.4. The molecule has 8 heteroatoms. The van der Waals surface area contributed by atoms with Crippen LogP contribution in [0.1, 0.15) is 6.92 Å². The lowest BCUT2D eigenvalue weighted by molar-refractivity contribution is -0.115. The molecule has 0 saturated carbocycles. The summed E-state index contributed by atoms with van der Waals surface area (Å²) < 4.78 is 18.9. The van der Waals surface area contributed by atoms with Gasteiger partial charge in [-0.2, -0.15) is 0 Å². The summed E-state index contributed by atoms with van der Waals surface area (Å²) in [5.41, 5.74) is 1.01. The second-order valence-electron chi connectivity index (χ2n) is 5.42. The third-order valence-corrected chi connectivity index (χ3v) is 4.56. The second-order valence-corrected chi connectivity index (χ2v) is 6.73. The zero-order valence-electron chi connectivity index (χ0n) is 14.2. The number of ether oxygens (including phenoxy) is 1. The van der Waals surface area contributed by atoms with Crippen LogP contribution in [0.3, 0.4) is 0 Å². The molecule has 0 fully saturated rings. The number of thioether (sulfide) groups is 1. The molecule has 1 aromatic heterocycles. The van der Waals surface area contributed by atoms with Crippen molar-refractivity contribution in [1.82, 2.24) is 15.2 Å². The number of hydrogen-bond acceptors (Lipinski definition) is 5. The lowest BCUT2D eigenvalue weighted by Crippen LogP contribution is -2.22. The molecule has 3 rings (SSSR count). The summed E-state index contributed by atoms with van der Waals surface area (Å²) in [5, 5.41) is 9.52. The normalized spacial score (nSPS) is 11.8. The molecule has 0 aliphatic rings. The van der Waals surface area contributed by atoms with E-state index >= 15 is 0 Å². The van der Waals surface area contributed by atoms with E-state index < -0.39 is 5.25 Å². The van der Waals surface area contributed by atoms with Crippen LogP contribution in [0.5, 0.6) is 5.75 Å². The molecule has 1 amide bonds. The molecule has 26 heavy (non-hydrogen) atoms. The first-order valence-corrected chi connectivity index (χ1v) is 8.73. The van der Waals surface area contributed by atoms with E-state index in [0.717, 1.165) is 0 Å². The van der Waals surface area contributed by atoms with Crippen molar-refractivity contribution < 1.29 is 13.9 Å². The molecule has 134 valence electrons. The number of methoxy groups -OCH3 is 1. The van der Waals surface area contributed by atoms with E-state index in [9.17, 15) is 9.18 Å². The fourth-order valence-electron chi connectivity index (χ4n) is 2.20. The minimum absolute atomic E-state index is 0.183. The summed E-state index contributed by atoms with van der Waals surface area (Å²) in [4.78, 5) is 16.6. The van der Waals surface area contributed by atoms with Crippen molar-refractivity contribution in [3.05, 3.63) is 54.3 Å². The zero-order valence-corrected chi connectivity index (χ0v) is 15.0. The van der Waals surface area contributed by atoms with Gasteiger partial charge in [-0.25, -0.2) is 9.37 Å². The van der Waals surface area contributed by atoms with Crippen molar-refractivity contribution in [3.8, 4) is 17.1 Å². The van der Waals surface area contributed by atoms with Crippen molar-refractivity contribution in [2.45, 2.75) is 17.3 Å². The average Bonchev–Trinajstić information content (AvgIpc) is 3.11. The number of nitrogens with one attached hydrogen (secondary N) is 2. The van der Waals surface area contributed by atoms with Gasteiger partial charge in [0.05, 0.1) is 17.9 Å². The number of amides is 1. The number of hydrogen-bond donors (Lipinski definition) is 2. The van der Waals surface area contributed by atoms with Gasteiger partial charge in [0.15, 0.2) is 5.82 Å². The number of aromatic nitrogens is 3. The number of carbonyl (C=O) groups excluding carboxylic acids is 1. The summed E-state index contributed by atoms with van der Waals surface area (Å²) >= 11 is 1.19. The highest BCUT2D eigenvalue weighted by Crippen LogP contribution is 2.25. The monoisotopic (exact) mass is 372 g/mol. The van der Waals surface area contributed by atoms with Crippen LogP contribution in [-0.4, -0.2) is 33.4 Å². The molecule has 1 atom stereocenters. The highest BCUT2D eigenvalue weighted by atomic mass is 32.2. The molecule has 1 heterocycles. The fourth-order valence-corrected chi connectivity index (χ4v) is 2.93. The quantitative estimate of drug-likeness (QED) is 0.645. The first-order chi connectivity index (χ1) is 12.6. The SMILES string of the molecule is COc1ccc(NC(=O)[C@@H](C)Sc2n[nH]c(-c3ccccc3F)n2)cc1. The van der Waals surface area contributed by atoms with E-state index in [1.54, 1.807) is 56.5 Å². The van der Waals surface area contributed by atoms with Gasteiger partial charge in [0.2, 0.25) is 11.1 Å². The van der Waals surface area contributed by atoms with Gasteiger partial charge in [0, 0.05) is 5.69 Å². The number of anilines is 1. The number of benzene rings is 2. The molecule has 0 radical (unpaired) electrons. The predicted molar refractivity (Wildman–Crippen MR) is 98.7 cm³/mol. The van der Waals surface area contributed by atoms with E-state index in [0.29, 0.717) is 28.0 Å². The van der Waals surface area contributed by atoms with E-state index in [1.165, 1.54) is 17.8 Å². The molecule has 0 aliphatic heterocycles. The summed E-state index contributed by atoms with van der Waals surface area (Å²) in [6.07, 6.45) is 0. The van der Waals surface area contributed by atoms with Crippen LogP contribution in [0.2, 0.25) is 0 Å². The standard InChI is InChI=1S/C18H17FN4O2S/c1-11(17(24)20-12-7-9-13(25-2)10-8-12)26-18-21-16(22-23-18)14-5-3-4-6-15(14)19/h3-11H,1-2H3,(H,20,24)(H,21,22,23)/t11-/m1/s1. The molecule has 6 nitrogen and oxygen atoms in total. The molecule has 0 saturated heterocycles. The Balaban J connectivity index is 1.63. The van der Waals surface area contributed by atoms with Gasteiger partial charge in [-0.15, -0.1) is 5.10 Å². The average molecular weight is 372 g/mol. The maximum absolute atomic E-state index is 13.8. The van der Waals surface area contributed by atoms with Crippen LogP contribution in [0.4, 0.5) is 10.1 Å². The maximum atomic E-state index is 13.8. The Morgan fingerprint density at radius 2 is 1.96 bits per heavy atom. The Morgan fingerprint density at radius 3 is 2.65 bits per heavy atom. The Hall–Kier alpha value is -2.87. The molecule has 0 bridgehead atoms. The van der Waals surface area contributed by atoms with E-state index in [2.05, 4.69) is 20.5 Å². The first kappa shape index (κ1) is 17.9. The Labute approximate surface area is 154 Å². The molecule has 0 aliphatic carbocycles.